The lowest BCUT2D eigenvalue weighted by Gasteiger charge is -2.14. The van der Waals surface area contributed by atoms with E-state index in [4.69, 9.17) is 0 Å². The van der Waals surface area contributed by atoms with Crippen LogP contribution in [0.1, 0.15) is 36.5 Å². The highest BCUT2D eigenvalue weighted by atomic mass is 19.1. The van der Waals surface area contributed by atoms with Gasteiger partial charge in [0, 0.05) is 19.3 Å². The highest BCUT2D eigenvalue weighted by Crippen LogP contribution is 2.14. The summed E-state index contributed by atoms with van der Waals surface area (Å²) >= 11 is 0. The molecule has 21 heavy (non-hydrogen) atoms. The number of halogens is 1. The minimum atomic E-state index is -0.587. The van der Waals surface area contributed by atoms with Gasteiger partial charge < -0.3 is 15.5 Å². The van der Waals surface area contributed by atoms with Crippen molar-refractivity contribution in [3.63, 3.8) is 0 Å². The Bertz CT molecular complexity index is 475. The van der Waals surface area contributed by atoms with Crippen LogP contribution in [0.4, 0.5) is 10.2 Å². The first-order valence-electron chi connectivity index (χ1n) is 7.61. The Balaban J connectivity index is 1.81. The molecule has 2 heterocycles. The summed E-state index contributed by atoms with van der Waals surface area (Å²) in [5.74, 6) is -0.839. The normalized spacial score (nSPS) is 15.1. The fourth-order valence-corrected chi connectivity index (χ4v) is 2.52. The zero-order valence-electron chi connectivity index (χ0n) is 12.5. The molecule has 0 unspecified atom stereocenters. The second-order valence-electron chi connectivity index (χ2n) is 5.21. The van der Waals surface area contributed by atoms with Crippen molar-refractivity contribution in [3.05, 3.63) is 23.6 Å². The summed E-state index contributed by atoms with van der Waals surface area (Å²) in [5.41, 5.74) is 0.0436. The summed E-state index contributed by atoms with van der Waals surface area (Å²) in [6, 6.07) is 1.41. The van der Waals surface area contributed by atoms with E-state index >= 15 is 0 Å². The molecule has 1 aromatic rings. The number of carbonyl (C=O) groups excluding carboxylic acids is 1. The third-order valence-electron chi connectivity index (χ3n) is 3.61. The lowest BCUT2D eigenvalue weighted by molar-refractivity contribution is 0.0948. The van der Waals surface area contributed by atoms with Crippen molar-refractivity contribution >= 4 is 11.7 Å². The smallest absolute Gasteiger partial charge is 0.254 e. The molecule has 0 spiro atoms. The Kier molecular flexibility index (Phi) is 5.92. The number of amides is 1. The van der Waals surface area contributed by atoms with Gasteiger partial charge in [-0.05, 0) is 51.9 Å². The van der Waals surface area contributed by atoms with Crippen molar-refractivity contribution in [2.24, 2.45) is 0 Å². The summed E-state index contributed by atoms with van der Waals surface area (Å²) < 4.78 is 14.1. The molecule has 1 saturated heterocycles. The van der Waals surface area contributed by atoms with Gasteiger partial charge in [0.2, 0.25) is 0 Å². The number of anilines is 1. The third-order valence-corrected chi connectivity index (χ3v) is 3.61. The molecule has 0 aliphatic carbocycles. The number of pyridine rings is 1. The van der Waals surface area contributed by atoms with Gasteiger partial charge in [-0.25, -0.2) is 9.37 Å². The molecular weight excluding hydrogens is 271 g/mol. The van der Waals surface area contributed by atoms with E-state index in [9.17, 15) is 9.18 Å². The predicted molar refractivity (Wildman–Crippen MR) is 81.0 cm³/mol. The topological polar surface area (TPSA) is 57.3 Å². The fourth-order valence-electron chi connectivity index (χ4n) is 2.52. The molecular formula is C15H23FN4O. The molecule has 1 fully saturated rings. The van der Waals surface area contributed by atoms with Crippen molar-refractivity contribution in [1.29, 1.82) is 0 Å². The Morgan fingerprint density at radius 2 is 2.19 bits per heavy atom. The van der Waals surface area contributed by atoms with Crippen LogP contribution in [-0.4, -0.2) is 48.5 Å². The van der Waals surface area contributed by atoms with E-state index < -0.39 is 5.82 Å². The maximum atomic E-state index is 14.1. The molecule has 0 saturated carbocycles. The van der Waals surface area contributed by atoms with Crippen LogP contribution in [0, 0.1) is 5.82 Å². The summed E-state index contributed by atoms with van der Waals surface area (Å²) in [6.45, 7) is 6.27. The van der Waals surface area contributed by atoms with Gasteiger partial charge >= 0.3 is 0 Å². The maximum Gasteiger partial charge on any atom is 0.254 e. The number of hydrogen-bond acceptors (Lipinski definition) is 4. The predicted octanol–water partition coefficient (Wildman–Crippen LogP) is 1.87. The van der Waals surface area contributed by atoms with E-state index in [0.29, 0.717) is 13.1 Å². The molecule has 0 radical (unpaired) electrons. The first kappa shape index (κ1) is 15.7. The van der Waals surface area contributed by atoms with Crippen LogP contribution < -0.4 is 10.6 Å². The Hall–Kier alpha value is -1.69. The molecule has 1 aliphatic rings. The van der Waals surface area contributed by atoms with E-state index in [1.807, 2.05) is 6.92 Å². The molecule has 1 amide bonds. The van der Waals surface area contributed by atoms with E-state index in [1.54, 1.807) is 0 Å². The minimum absolute atomic E-state index is 0.0436. The van der Waals surface area contributed by atoms with Crippen molar-refractivity contribution in [2.45, 2.75) is 26.2 Å². The largest absolute Gasteiger partial charge is 0.368 e. The van der Waals surface area contributed by atoms with E-state index in [-0.39, 0.29) is 17.3 Å². The van der Waals surface area contributed by atoms with Crippen LogP contribution in [0.3, 0.4) is 0 Å². The van der Waals surface area contributed by atoms with E-state index in [0.717, 1.165) is 26.1 Å². The number of carbonyl (C=O) groups is 1. The average molecular weight is 294 g/mol. The van der Waals surface area contributed by atoms with E-state index in [1.165, 1.54) is 25.1 Å². The minimum Gasteiger partial charge on any atom is -0.368 e. The van der Waals surface area contributed by atoms with Crippen LogP contribution in [0.2, 0.25) is 0 Å². The van der Waals surface area contributed by atoms with Crippen LogP contribution in [-0.2, 0) is 0 Å². The summed E-state index contributed by atoms with van der Waals surface area (Å²) in [6.07, 6.45) is 4.86. The maximum absolute atomic E-state index is 14.1. The average Bonchev–Trinajstić information content (AvgIpc) is 2.99. The molecule has 0 aromatic carbocycles. The highest BCUT2D eigenvalue weighted by molar-refractivity contribution is 5.95. The standard InChI is InChI=1S/C15H23FN4O/c1-2-17-14-13(16)12(6-8-18-14)15(21)19-7-5-11-20-9-3-4-10-20/h6,8H,2-5,7,9-11H2,1H3,(H,17,18)(H,19,21). The highest BCUT2D eigenvalue weighted by Gasteiger charge is 2.15. The Morgan fingerprint density at radius 3 is 2.90 bits per heavy atom. The Labute approximate surface area is 124 Å². The van der Waals surface area contributed by atoms with Crippen LogP contribution in [0.5, 0.6) is 0 Å². The van der Waals surface area contributed by atoms with Crippen molar-refractivity contribution in [3.8, 4) is 0 Å². The van der Waals surface area contributed by atoms with Gasteiger partial charge in [0.05, 0.1) is 5.56 Å². The van der Waals surface area contributed by atoms with Gasteiger partial charge in [-0.15, -0.1) is 0 Å². The molecule has 0 bridgehead atoms. The summed E-state index contributed by atoms with van der Waals surface area (Å²) in [5, 5.41) is 5.57. The zero-order chi connectivity index (χ0) is 15.1. The SMILES string of the molecule is CCNc1nccc(C(=O)NCCCN2CCCC2)c1F. The number of rotatable bonds is 7. The van der Waals surface area contributed by atoms with Gasteiger partial charge in [0.15, 0.2) is 11.6 Å². The zero-order valence-corrected chi connectivity index (χ0v) is 12.5. The fraction of sp³-hybridized carbons (Fsp3) is 0.600. The molecule has 2 rings (SSSR count). The van der Waals surface area contributed by atoms with Crippen LogP contribution in [0.15, 0.2) is 12.3 Å². The molecule has 0 atom stereocenters. The molecule has 6 heteroatoms. The van der Waals surface area contributed by atoms with Gasteiger partial charge in [0.25, 0.3) is 5.91 Å². The van der Waals surface area contributed by atoms with Gasteiger partial charge in [-0.2, -0.15) is 0 Å². The Morgan fingerprint density at radius 1 is 1.43 bits per heavy atom. The van der Waals surface area contributed by atoms with E-state index in [2.05, 4.69) is 20.5 Å². The molecule has 5 nitrogen and oxygen atoms in total. The molecule has 116 valence electrons. The number of aromatic nitrogens is 1. The van der Waals surface area contributed by atoms with Crippen LogP contribution >= 0.6 is 0 Å². The van der Waals surface area contributed by atoms with Gasteiger partial charge in [-0.3, -0.25) is 4.79 Å². The van der Waals surface area contributed by atoms with Gasteiger partial charge in [0.1, 0.15) is 0 Å². The summed E-state index contributed by atoms with van der Waals surface area (Å²) in [4.78, 5) is 18.3. The van der Waals surface area contributed by atoms with Crippen molar-refractivity contribution in [1.82, 2.24) is 15.2 Å². The van der Waals surface area contributed by atoms with Crippen molar-refractivity contribution in [2.75, 3.05) is 38.0 Å². The molecule has 1 aliphatic heterocycles. The number of likely N-dealkylation sites (tertiary alicyclic amines) is 1. The third kappa shape index (κ3) is 4.39. The monoisotopic (exact) mass is 294 g/mol. The first-order chi connectivity index (χ1) is 10.2. The molecule has 1 aromatic heterocycles. The number of nitrogens with one attached hydrogen (secondary N) is 2. The second-order valence-corrected chi connectivity index (χ2v) is 5.21. The van der Waals surface area contributed by atoms with Gasteiger partial charge in [-0.1, -0.05) is 0 Å². The first-order valence-corrected chi connectivity index (χ1v) is 7.61. The second kappa shape index (κ2) is 7.93. The lowest BCUT2D eigenvalue weighted by atomic mass is 10.2. The molecule has 2 N–H and O–H groups in total. The lowest BCUT2D eigenvalue weighted by Crippen LogP contribution is -2.29. The van der Waals surface area contributed by atoms with Crippen molar-refractivity contribution < 1.29 is 9.18 Å². The number of hydrogen-bond donors (Lipinski definition) is 2. The quantitative estimate of drug-likeness (QED) is 0.754. The number of nitrogens with zero attached hydrogens (tertiary/aromatic N) is 2. The summed E-state index contributed by atoms with van der Waals surface area (Å²) in [7, 11) is 0. The van der Waals surface area contributed by atoms with Crippen LogP contribution in [0.25, 0.3) is 0 Å².